The third-order valence-corrected chi connectivity index (χ3v) is 5.43. The van der Waals surface area contributed by atoms with Crippen LogP contribution < -0.4 is 25.6 Å². The Morgan fingerprint density at radius 1 is 0.971 bits per heavy atom. The van der Waals surface area contributed by atoms with E-state index in [1.165, 1.54) is 7.11 Å². The molecule has 1 aliphatic rings. The minimum atomic E-state index is -0.372. The second-order valence-corrected chi connectivity index (χ2v) is 8.40. The van der Waals surface area contributed by atoms with Gasteiger partial charge in [0.15, 0.2) is 0 Å². The topological polar surface area (TPSA) is 112 Å². The van der Waals surface area contributed by atoms with E-state index in [2.05, 4.69) is 20.9 Å². The van der Waals surface area contributed by atoms with Crippen molar-refractivity contribution in [2.24, 2.45) is 0 Å². The van der Waals surface area contributed by atoms with Gasteiger partial charge in [-0.05, 0) is 55.9 Å². The molecule has 0 spiro atoms. The second kappa shape index (κ2) is 12.7. The van der Waals surface area contributed by atoms with Crippen molar-refractivity contribution in [2.75, 3.05) is 75.6 Å². The number of hydrogen-bond donors (Lipinski definition) is 3. The van der Waals surface area contributed by atoms with Crippen molar-refractivity contribution in [1.82, 2.24) is 10.2 Å². The Balaban J connectivity index is 1.38. The average Bonchev–Trinajstić information content (AvgIpc) is 2.84. The van der Waals surface area contributed by atoms with Crippen LogP contribution in [-0.2, 0) is 19.1 Å². The molecule has 1 fully saturated rings. The van der Waals surface area contributed by atoms with Crippen molar-refractivity contribution in [1.29, 1.82) is 0 Å². The fraction of sp³-hybridized carbons (Fsp3) is 0.400. The summed E-state index contributed by atoms with van der Waals surface area (Å²) < 4.78 is 10.6. The molecule has 3 amide bonds. The van der Waals surface area contributed by atoms with Gasteiger partial charge in [0.1, 0.15) is 5.75 Å². The van der Waals surface area contributed by atoms with Crippen molar-refractivity contribution < 1.29 is 23.9 Å². The molecule has 0 bridgehead atoms. The van der Waals surface area contributed by atoms with Gasteiger partial charge in [-0.15, -0.1) is 0 Å². The molecule has 1 saturated heterocycles. The quantitative estimate of drug-likeness (QED) is 0.469. The van der Waals surface area contributed by atoms with E-state index in [0.717, 1.165) is 24.3 Å². The largest absolute Gasteiger partial charge is 0.495 e. The van der Waals surface area contributed by atoms with Crippen LogP contribution in [0.25, 0.3) is 0 Å². The lowest BCUT2D eigenvalue weighted by Crippen LogP contribution is -2.41. The van der Waals surface area contributed by atoms with Gasteiger partial charge < -0.3 is 30.3 Å². The molecule has 0 radical (unpaired) electrons. The number of nitrogens with zero attached hydrogens (tertiary/aromatic N) is 2. The number of carbonyl (C=O) groups is 3. The molecule has 3 rings (SSSR count). The number of morpholine rings is 1. The van der Waals surface area contributed by atoms with Crippen LogP contribution in [-0.4, -0.2) is 82.7 Å². The van der Waals surface area contributed by atoms with Crippen LogP contribution in [0.1, 0.15) is 5.56 Å². The Morgan fingerprint density at radius 2 is 1.66 bits per heavy atom. The highest BCUT2D eigenvalue weighted by atomic mass is 16.5. The van der Waals surface area contributed by atoms with Gasteiger partial charge in [0.25, 0.3) is 0 Å². The van der Waals surface area contributed by atoms with Crippen molar-refractivity contribution in [3.8, 4) is 5.75 Å². The van der Waals surface area contributed by atoms with E-state index in [-0.39, 0.29) is 37.4 Å². The summed E-state index contributed by atoms with van der Waals surface area (Å²) >= 11 is 0. The molecule has 0 unspecified atom stereocenters. The molecule has 0 aromatic heterocycles. The summed E-state index contributed by atoms with van der Waals surface area (Å²) in [4.78, 5) is 40.6. The lowest BCUT2D eigenvalue weighted by molar-refractivity contribution is -0.125. The molecule has 188 valence electrons. The number of hydrogen-bond acceptors (Lipinski definition) is 7. The van der Waals surface area contributed by atoms with Crippen molar-refractivity contribution in [3.05, 3.63) is 48.0 Å². The highest BCUT2D eigenvalue weighted by Gasteiger charge is 2.14. The van der Waals surface area contributed by atoms with E-state index in [1.807, 2.05) is 37.3 Å². The van der Waals surface area contributed by atoms with E-state index >= 15 is 0 Å². The molecule has 10 nitrogen and oxygen atoms in total. The van der Waals surface area contributed by atoms with Crippen LogP contribution in [0.15, 0.2) is 42.5 Å². The summed E-state index contributed by atoms with van der Waals surface area (Å²) in [6.45, 7) is 4.85. The first-order valence-electron chi connectivity index (χ1n) is 11.5. The number of methoxy groups -OCH3 is 1. The Morgan fingerprint density at radius 3 is 2.34 bits per heavy atom. The molecule has 2 aromatic rings. The first kappa shape index (κ1) is 26.0. The summed E-state index contributed by atoms with van der Waals surface area (Å²) in [7, 11) is 3.19. The second-order valence-electron chi connectivity index (χ2n) is 8.40. The van der Waals surface area contributed by atoms with Gasteiger partial charge in [0.2, 0.25) is 17.7 Å². The Kier molecular flexibility index (Phi) is 9.45. The summed E-state index contributed by atoms with van der Waals surface area (Å²) in [5.41, 5.74) is 3.29. The van der Waals surface area contributed by atoms with Crippen LogP contribution in [0, 0.1) is 6.92 Å². The zero-order valence-corrected chi connectivity index (χ0v) is 20.4. The summed E-state index contributed by atoms with van der Waals surface area (Å²) in [5.74, 6) is -0.426. The predicted octanol–water partition coefficient (Wildman–Crippen LogP) is 1.47. The van der Waals surface area contributed by atoms with Crippen LogP contribution in [0.3, 0.4) is 0 Å². The van der Waals surface area contributed by atoms with Gasteiger partial charge in [-0.1, -0.05) is 6.07 Å². The maximum Gasteiger partial charge on any atom is 0.243 e. The van der Waals surface area contributed by atoms with Crippen molar-refractivity contribution in [2.45, 2.75) is 6.92 Å². The number of aryl methyl sites for hydroxylation is 1. The number of benzene rings is 2. The molecule has 35 heavy (non-hydrogen) atoms. The minimum Gasteiger partial charge on any atom is -0.495 e. The van der Waals surface area contributed by atoms with E-state index in [9.17, 15) is 14.4 Å². The predicted molar refractivity (Wildman–Crippen MR) is 135 cm³/mol. The highest BCUT2D eigenvalue weighted by Crippen LogP contribution is 2.25. The highest BCUT2D eigenvalue weighted by molar-refractivity contribution is 5.96. The molecule has 1 aliphatic heterocycles. The first-order valence-corrected chi connectivity index (χ1v) is 11.5. The normalized spacial score (nSPS) is 13.3. The maximum atomic E-state index is 12.4. The average molecular weight is 484 g/mol. The van der Waals surface area contributed by atoms with Gasteiger partial charge in [0, 0.05) is 24.5 Å². The third kappa shape index (κ3) is 8.27. The summed E-state index contributed by atoms with van der Waals surface area (Å²) in [6, 6.07) is 13.1. The molecule has 0 atom stereocenters. The first-order chi connectivity index (χ1) is 16.8. The number of nitrogens with one attached hydrogen (secondary N) is 3. The zero-order valence-electron chi connectivity index (χ0n) is 20.4. The van der Waals surface area contributed by atoms with E-state index < -0.39 is 0 Å². The van der Waals surface area contributed by atoms with Crippen LogP contribution in [0.2, 0.25) is 0 Å². The smallest absolute Gasteiger partial charge is 0.243 e. The molecule has 2 aromatic carbocycles. The standard InChI is InChI=1S/C25H33N5O5/c1-18-4-9-22(34-3)21(14-18)28-23(31)15-26-24(32)16-29(2)17-25(33)27-19-5-7-20(8-6-19)30-10-12-35-13-11-30/h4-9,14H,10-13,15-17H2,1-3H3,(H,26,32)(H,27,33)(H,28,31). The number of carbonyl (C=O) groups excluding carboxylic acids is 3. The summed E-state index contributed by atoms with van der Waals surface area (Å²) in [5, 5.41) is 8.13. The molecule has 1 heterocycles. The molecular formula is C25H33N5O5. The monoisotopic (exact) mass is 483 g/mol. The Hall–Kier alpha value is -3.63. The van der Waals surface area contributed by atoms with E-state index in [4.69, 9.17) is 9.47 Å². The van der Waals surface area contributed by atoms with Gasteiger partial charge in [-0.2, -0.15) is 0 Å². The van der Waals surface area contributed by atoms with E-state index in [0.29, 0.717) is 30.3 Å². The maximum absolute atomic E-state index is 12.4. The van der Waals surface area contributed by atoms with Gasteiger partial charge in [-0.25, -0.2) is 0 Å². The SMILES string of the molecule is COc1ccc(C)cc1NC(=O)CNC(=O)CN(C)CC(=O)Nc1ccc(N2CCOCC2)cc1. The molecule has 3 N–H and O–H groups in total. The number of amides is 3. The number of rotatable bonds is 10. The number of anilines is 3. The zero-order chi connectivity index (χ0) is 25.2. The van der Waals surface area contributed by atoms with Gasteiger partial charge in [0.05, 0.1) is 45.6 Å². The van der Waals surface area contributed by atoms with Crippen LogP contribution in [0.4, 0.5) is 17.1 Å². The fourth-order valence-electron chi connectivity index (χ4n) is 3.67. The van der Waals surface area contributed by atoms with Gasteiger partial charge in [-0.3, -0.25) is 19.3 Å². The lowest BCUT2D eigenvalue weighted by atomic mass is 10.2. The van der Waals surface area contributed by atoms with Crippen molar-refractivity contribution in [3.63, 3.8) is 0 Å². The molecule has 10 heteroatoms. The van der Waals surface area contributed by atoms with Crippen molar-refractivity contribution >= 4 is 34.8 Å². The van der Waals surface area contributed by atoms with E-state index in [1.54, 1.807) is 24.1 Å². The van der Waals surface area contributed by atoms with Gasteiger partial charge >= 0.3 is 0 Å². The van der Waals surface area contributed by atoms with Crippen LogP contribution in [0.5, 0.6) is 5.75 Å². The lowest BCUT2D eigenvalue weighted by Gasteiger charge is -2.28. The Labute approximate surface area is 205 Å². The fourth-order valence-corrected chi connectivity index (χ4v) is 3.67. The Bertz CT molecular complexity index is 1020. The number of ether oxygens (including phenoxy) is 2. The molecule has 0 aliphatic carbocycles. The summed E-state index contributed by atoms with van der Waals surface area (Å²) in [6.07, 6.45) is 0. The molecular weight excluding hydrogens is 450 g/mol. The minimum absolute atomic E-state index is 0.0234. The van der Waals surface area contributed by atoms with Crippen LogP contribution >= 0.6 is 0 Å². The molecule has 0 saturated carbocycles. The third-order valence-electron chi connectivity index (χ3n) is 5.43. The number of likely N-dealkylation sites (N-methyl/N-ethyl adjacent to an activating group) is 1.